The van der Waals surface area contributed by atoms with Gasteiger partial charge >= 0.3 is 16.8 Å². The molecule has 25 heavy (non-hydrogen) atoms. The third-order valence-corrected chi connectivity index (χ3v) is 1.59. The molecule has 0 amide bonds. The summed E-state index contributed by atoms with van der Waals surface area (Å²) in [4.78, 5) is 0. The summed E-state index contributed by atoms with van der Waals surface area (Å²) in [6.45, 7) is 5.74. The third-order valence-electron chi connectivity index (χ3n) is 1.59. The molecule has 151 valence electrons. The van der Waals surface area contributed by atoms with Crippen molar-refractivity contribution in [3.63, 3.8) is 0 Å². The van der Waals surface area contributed by atoms with Crippen molar-refractivity contribution in [2.24, 2.45) is 20.6 Å². The molecule has 0 aliphatic heterocycles. The molecule has 2 N–H and O–H groups in total. The molecule has 2 atom stereocenters. The molecule has 0 aromatic rings. The summed E-state index contributed by atoms with van der Waals surface area (Å²) in [6, 6.07) is 0. The van der Waals surface area contributed by atoms with Gasteiger partial charge in [-0.2, -0.15) is 0 Å². The van der Waals surface area contributed by atoms with Crippen molar-refractivity contribution in [3.8, 4) is 0 Å². The minimum absolute atomic E-state index is 0. The quantitative estimate of drug-likeness (QED) is 0.334. The summed E-state index contributed by atoms with van der Waals surface area (Å²) in [7, 11) is 0. The molecule has 1 radical (unpaired) electrons. The molecule has 0 fully saturated rings. The number of hydrogen-bond acceptors (Lipinski definition) is 12. The van der Waals surface area contributed by atoms with Crippen molar-refractivity contribution in [1.29, 1.82) is 0 Å². The molecule has 17 heteroatoms. The zero-order valence-electron chi connectivity index (χ0n) is 13.1. The summed E-state index contributed by atoms with van der Waals surface area (Å²) in [5.74, 6) is 0. The number of hydrogen-bond donors (Lipinski definition) is 2. The van der Waals surface area contributed by atoms with E-state index in [0.29, 0.717) is 0 Å². The topological polar surface area (TPSA) is 262 Å². The maximum Gasteiger partial charge on any atom is 2.00 e. The Labute approximate surface area is 158 Å². The molecule has 0 aromatic carbocycles. The molecule has 0 saturated carbocycles. The largest absolute Gasteiger partial charge is 2.00 e. The predicted molar refractivity (Wildman–Crippen MR) is 89.0 cm³/mol. The van der Waals surface area contributed by atoms with Crippen LogP contribution in [0.25, 0.3) is 0 Å². The van der Waals surface area contributed by atoms with E-state index >= 15 is 0 Å². The average Bonchev–Trinajstić information content (AvgIpc) is 2.51. The van der Waals surface area contributed by atoms with E-state index in [9.17, 15) is 20.8 Å². The first-order valence-electron chi connectivity index (χ1n) is 5.16. The summed E-state index contributed by atoms with van der Waals surface area (Å²) >= 11 is -5.72. The van der Waals surface area contributed by atoms with Crippen molar-refractivity contribution >= 4 is 45.6 Å². The summed E-state index contributed by atoms with van der Waals surface area (Å²) in [5, 5.41) is 48.4. The molecule has 0 spiro atoms. The van der Waals surface area contributed by atoms with E-state index in [4.69, 9.17) is 26.6 Å². The SMILES string of the molecule is CC(=N[O-])C(C)=N[O-].CC(=N[O-])C(C)=N[O-].O=S([O-])O.O=S([O-])O.[Co+2]. The second-order valence-corrected chi connectivity index (χ2v) is 4.01. The van der Waals surface area contributed by atoms with Gasteiger partial charge in [0, 0.05) is 22.8 Å². The molecular formula is C8H14CoN4O10S2-4. The molecule has 0 aliphatic carbocycles. The molecule has 0 saturated heterocycles. The Bertz CT molecular complexity index is 413. The fourth-order valence-corrected chi connectivity index (χ4v) is 0.264. The first kappa shape index (κ1) is 34.8. The Morgan fingerprint density at radius 3 is 0.760 bits per heavy atom. The van der Waals surface area contributed by atoms with Gasteiger partial charge in [-0.05, 0) is 27.7 Å². The Morgan fingerprint density at radius 1 is 0.640 bits per heavy atom. The van der Waals surface area contributed by atoms with Gasteiger partial charge in [0.2, 0.25) is 0 Å². The van der Waals surface area contributed by atoms with Crippen LogP contribution in [-0.2, 0) is 39.5 Å². The summed E-state index contributed by atoms with van der Waals surface area (Å²) < 4.78 is 48.2. The minimum Gasteiger partial charge on any atom is -0.792 e. The van der Waals surface area contributed by atoms with Gasteiger partial charge in [0.1, 0.15) is 0 Å². The Kier molecular flexibility index (Phi) is 34.5. The molecule has 0 bridgehead atoms. The molecule has 0 aromatic heterocycles. The van der Waals surface area contributed by atoms with E-state index in [1.807, 2.05) is 0 Å². The van der Waals surface area contributed by atoms with E-state index < -0.39 is 22.7 Å². The van der Waals surface area contributed by atoms with E-state index in [2.05, 4.69) is 20.6 Å². The second kappa shape index (κ2) is 24.8. The Hall–Kier alpha value is -1.47. The van der Waals surface area contributed by atoms with Gasteiger partial charge in [0.25, 0.3) is 0 Å². The molecule has 0 rings (SSSR count). The summed E-state index contributed by atoms with van der Waals surface area (Å²) in [5.41, 5.74) is 0.556. The van der Waals surface area contributed by atoms with Crippen molar-refractivity contribution in [1.82, 2.24) is 0 Å². The standard InChI is InChI=1S/2C4H8N2O2.Co.2H2O3S/c2*1-3(5-7)4(2)6-8;;2*1-4(2)3/h2*7-8H,1-2H3;;2*(H2,1,2,3)/q;;+2;;/p-6. The Balaban J connectivity index is -0.0000000739. The smallest absolute Gasteiger partial charge is 0.792 e. The average molecular weight is 449 g/mol. The van der Waals surface area contributed by atoms with Gasteiger partial charge in [-0.15, -0.1) is 0 Å². The fourth-order valence-electron chi connectivity index (χ4n) is 0.264. The van der Waals surface area contributed by atoms with Crippen LogP contribution < -0.4 is 0 Å². The Morgan fingerprint density at radius 2 is 0.720 bits per heavy atom. The molecule has 0 aliphatic rings. The van der Waals surface area contributed by atoms with Crippen molar-refractivity contribution < 1.29 is 43.4 Å². The fraction of sp³-hybridized carbons (Fsp3) is 0.500. The van der Waals surface area contributed by atoms with E-state index in [-0.39, 0.29) is 39.6 Å². The van der Waals surface area contributed by atoms with Gasteiger partial charge in [-0.25, -0.2) is 8.42 Å². The zero-order valence-corrected chi connectivity index (χ0v) is 15.8. The number of rotatable bonds is 2. The van der Waals surface area contributed by atoms with Gasteiger partial charge in [-0.1, -0.05) is 0 Å². The number of nitrogens with zero attached hydrogens (tertiary/aromatic N) is 4. The van der Waals surface area contributed by atoms with Crippen LogP contribution in [0.15, 0.2) is 20.6 Å². The van der Waals surface area contributed by atoms with Gasteiger partial charge < -0.3 is 59.7 Å². The monoisotopic (exact) mass is 449 g/mol. The van der Waals surface area contributed by atoms with Crippen LogP contribution in [-0.4, -0.2) is 49.5 Å². The third kappa shape index (κ3) is 45.0. The van der Waals surface area contributed by atoms with Crippen molar-refractivity contribution in [3.05, 3.63) is 20.8 Å². The van der Waals surface area contributed by atoms with Crippen LogP contribution in [0.2, 0.25) is 0 Å². The van der Waals surface area contributed by atoms with Gasteiger partial charge in [-0.3, -0.25) is 0 Å². The van der Waals surface area contributed by atoms with Crippen LogP contribution in [0, 0.1) is 20.8 Å². The van der Waals surface area contributed by atoms with Gasteiger partial charge in [0.15, 0.2) is 0 Å². The van der Waals surface area contributed by atoms with E-state index in [1.54, 1.807) is 0 Å². The maximum atomic E-state index is 9.60. The van der Waals surface area contributed by atoms with E-state index in [1.165, 1.54) is 27.7 Å². The molecular weight excluding hydrogens is 435 g/mol. The first-order valence-corrected chi connectivity index (χ1v) is 7.22. The van der Waals surface area contributed by atoms with E-state index in [0.717, 1.165) is 0 Å². The normalized spacial score (nSPS) is 14.1. The van der Waals surface area contributed by atoms with Crippen LogP contribution in [0.4, 0.5) is 0 Å². The van der Waals surface area contributed by atoms with Crippen LogP contribution in [0.1, 0.15) is 27.7 Å². The summed E-state index contributed by atoms with van der Waals surface area (Å²) in [6.07, 6.45) is 0. The van der Waals surface area contributed by atoms with Crippen molar-refractivity contribution in [2.45, 2.75) is 27.7 Å². The second-order valence-electron chi connectivity index (χ2n) is 3.14. The molecule has 14 nitrogen and oxygen atoms in total. The first-order chi connectivity index (χ1) is 10.9. The van der Waals surface area contributed by atoms with Crippen LogP contribution in [0.5, 0.6) is 0 Å². The van der Waals surface area contributed by atoms with Crippen LogP contribution >= 0.6 is 0 Å². The predicted octanol–water partition coefficient (Wildman–Crippen LogP) is 0.482. The maximum absolute atomic E-state index is 9.60. The van der Waals surface area contributed by atoms with Gasteiger partial charge in [0.05, 0.1) is 22.7 Å². The minimum atomic E-state index is -2.86. The van der Waals surface area contributed by atoms with Crippen molar-refractivity contribution in [2.75, 3.05) is 0 Å². The zero-order chi connectivity index (χ0) is 20.3. The molecule has 0 heterocycles. The van der Waals surface area contributed by atoms with Crippen LogP contribution in [0.3, 0.4) is 0 Å². The molecule has 2 unspecified atom stereocenters.